The predicted octanol–water partition coefficient (Wildman–Crippen LogP) is 5.51. The van der Waals surface area contributed by atoms with Crippen LogP contribution in [0.15, 0.2) is 23.3 Å². The zero-order valence-electron chi connectivity index (χ0n) is 24.3. The Labute approximate surface area is 228 Å². The third kappa shape index (κ3) is 3.54. The molecule has 0 aromatic carbocycles. The molecule has 0 radical (unpaired) electrons. The molecule has 3 fully saturated rings. The lowest BCUT2D eigenvalue weighted by molar-refractivity contribution is -0.159. The molecule has 0 aromatic rings. The molecule has 3 saturated carbocycles. The molecule has 38 heavy (non-hydrogen) atoms. The lowest BCUT2D eigenvalue weighted by atomic mass is 9.35. The van der Waals surface area contributed by atoms with E-state index in [0.29, 0.717) is 6.42 Å². The number of fused-ring (bicyclic) bond motifs is 7. The van der Waals surface area contributed by atoms with Crippen molar-refractivity contribution in [3.05, 3.63) is 23.3 Å². The number of ketones is 2. The second kappa shape index (κ2) is 7.91. The fraction of sp³-hybridized carbons (Fsp3) is 0.774. The Hall–Kier alpha value is -1.78. The van der Waals surface area contributed by atoms with E-state index in [0.717, 1.165) is 44.1 Å². The van der Waals surface area contributed by atoms with Crippen LogP contribution >= 0.6 is 0 Å². The highest BCUT2D eigenvalue weighted by Gasteiger charge is 2.70. The van der Waals surface area contributed by atoms with Crippen molar-refractivity contribution in [3.8, 4) is 6.07 Å². The van der Waals surface area contributed by atoms with E-state index in [-0.39, 0.29) is 51.1 Å². The number of sulfonamides is 1. The number of nitrogens with one attached hydrogen (secondary N) is 1. The molecule has 0 spiro atoms. The molecule has 7 heteroatoms. The van der Waals surface area contributed by atoms with E-state index < -0.39 is 26.4 Å². The molecule has 5 rings (SSSR count). The largest absolute Gasteiger partial charge is 0.295 e. The maximum Gasteiger partial charge on any atom is 0.209 e. The van der Waals surface area contributed by atoms with Gasteiger partial charge in [-0.05, 0) is 79.1 Å². The smallest absolute Gasteiger partial charge is 0.209 e. The minimum absolute atomic E-state index is 0.00933. The SMILES string of the molecule is CC1(C)CC[C@@]2(NS(C)(=O)=O)CC[C@]3(C)[C@H](C(=O)C=C4[C@]5(C)C=C(C#N)C(=O)C(C)(C)[C@@H]5CC[C@]43C)[C@H]2C1. The fourth-order valence-electron chi connectivity index (χ4n) is 10.2. The summed E-state index contributed by atoms with van der Waals surface area (Å²) in [6.45, 7) is 15.1. The Morgan fingerprint density at radius 3 is 2.21 bits per heavy atom. The minimum Gasteiger partial charge on any atom is -0.295 e. The second-order valence-corrected chi connectivity index (χ2v) is 17.0. The predicted molar refractivity (Wildman–Crippen MR) is 147 cm³/mol. The highest BCUT2D eigenvalue weighted by molar-refractivity contribution is 7.88. The fourth-order valence-corrected chi connectivity index (χ4v) is 11.3. The molecule has 208 valence electrons. The van der Waals surface area contributed by atoms with Gasteiger partial charge in [-0.1, -0.05) is 60.1 Å². The molecule has 5 aliphatic carbocycles. The van der Waals surface area contributed by atoms with Crippen molar-refractivity contribution in [1.29, 1.82) is 5.26 Å². The standard InChI is InChI=1S/C31H44N2O4S/c1-26(2)11-13-31(33-38(8,36)37)14-12-30(7)24(20(31)17-26)21(34)15-23-28(5)16-19(18-32)25(35)27(3,4)22(28)9-10-29(23,30)6/h15-16,20,22,24,33H,9-14,17H2,1-8H3/t20-,22+,24+,28-,29-,30-,31-/m1/s1. The highest BCUT2D eigenvalue weighted by Crippen LogP contribution is 2.73. The number of carbonyl (C=O) groups excluding carboxylic acids is 2. The molecule has 0 amide bonds. The van der Waals surface area contributed by atoms with Gasteiger partial charge in [0.1, 0.15) is 6.07 Å². The molecule has 0 saturated heterocycles. The van der Waals surface area contributed by atoms with Crippen LogP contribution in [-0.2, 0) is 19.6 Å². The summed E-state index contributed by atoms with van der Waals surface area (Å²) in [6, 6.07) is 2.16. The molecule has 6 nitrogen and oxygen atoms in total. The second-order valence-electron chi connectivity index (χ2n) is 15.3. The van der Waals surface area contributed by atoms with Gasteiger partial charge in [0.05, 0.1) is 11.8 Å². The van der Waals surface area contributed by atoms with Crippen molar-refractivity contribution in [3.63, 3.8) is 0 Å². The number of hydrogen-bond acceptors (Lipinski definition) is 5. The van der Waals surface area contributed by atoms with E-state index in [2.05, 4.69) is 45.4 Å². The first-order valence-electron chi connectivity index (χ1n) is 14.2. The summed E-state index contributed by atoms with van der Waals surface area (Å²) in [5.74, 6) is -0.365. The van der Waals surface area contributed by atoms with Gasteiger partial charge in [-0.3, -0.25) is 9.59 Å². The number of allylic oxidation sites excluding steroid dienone is 4. The molecular formula is C31H44N2O4S. The summed E-state index contributed by atoms with van der Waals surface area (Å²) >= 11 is 0. The monoisotopic (exact) mass is 540 g/mol. The molecule has 0 aliphatic heterocycles. The third-order valence-electron chi connectivity index (χ3n) is 12.2. The van der Waals surface area contributed by atoms with Crippen LogP contribution < -0.4 is 4.72 Å². The molecule has 0 bridgehead atoms. The van der Waals surface area contributed by atoms with Gasteiger partial charge in [-0.25, -0.2) is 13.1 Å². The summed E-state index contributed by atoms with van der Waals surface area (Å²) in [5, 5.41) is 9.87. The lowest BCUT2D eigenvalue weighted by Crippen LogP contribution is -2.69. The Bertz CT molecular complexity index is 1330. The van der Waals surface area contributed by atoms with E-state index in [1.54, 1.807) is 0 Å². The maximum atomic E-state index is 14.4. The number of rotatable bonds is 2. The first kappa shape index (κ1) is 27.8. The van der Waals surface area contributed by atoms with Crippen molar-refractivity contribution in [2.45, 2.75) is 99.0 Å². The molecule has 0 aromatic heterocycles. The first-order chi connectivity index (χ1) is 17.3. The van der Waals surface area contributed by atoms with E-state index in [1.807, 2.05) is 26.0 Å². The number of Topliss-reactive ketones (excluding diaryl/α,β-unsaturated/α-hetero) is 1. The topological polar surface area (TPSA) is 104 Å². The summed E-state index contributed by atoms with van der Waals surface area (Å²) in [6.07, 6.45) is 10.6. The Morgan fingerprint density at radius 2 is 1.61 bits per heavy atom. The van der Waals surface area contributed by atoms with Crippen LogP contribution in [-0.4, -0.2) is 31.8 Å². The van der Waals surface area contributed by atoms with E-state index in [1.165, 1.54) is 6.26 Å². The number of carbonyl (C=O) groups is 2. The molecule has 5 aliphatic rings. The van der Waals surface area contributed by atoms with Crippen LogP contribution in [0, 0.1) is 56.2 Å². The minimum atomic E-state index is -3.45. The Morgan fingerprint density at radius 1 is 0.974 bits per heavy atom. The van der Waals surface area contributed by atoms with Gasteiger partial charge in [0.25, 0.3) is 0 Å². The van der Waals surface area contributed by atoms with Crippen LogP contribution in [0.25, 0.3) is 0 Å². The van der Waals surface area contributed by atoms with Gasteiger partial charge in [0.15, 0.2) is 11.6 Å². The van der Waals surface area contributed by atoms with E-state index in [9.17, 15) is 23.3 Å². The summed E-state index contributed by atoms with van der Waals surface area (Å²) < 4.78 is 28.3. The molecular weight excluding hydrogens is 496 g/mol. The quantitative estimate of drug-likeness (QED) is 0.497. The van der Waals surface area contributed by atoms with Crippen LogP contribution in [0.4, 0.5) is 0 Å². The van der Waals surface area contributed by atoms with Gasteiger partial charge in [-0.15, -0.1) is 0 Å². The first-order valence-corrected chi connectivity index (χ1v) is 16.1. The molecule has 7 atom stereocenters. The third-order valence-corrected chi connectivity index (χ3v) is 13.0. The van der Waals surface area contributed by atoms with Crippen molar-refractivity contribution in [2.24, 2.45) is 44.8 Å². The Kier molecular flexibility index (Phi) is 5.78. The Balaban J connectivity index is 1.70. The molecule has 0 heterocycles. The van der Waals surface area contributed by atoms with Gasteiger partial charge in [-0.2, -0.15) is 5.26 Å². The van der Waals surface area contributed by atoms with Gasteiger partial charge >= 0.3 is 0 Å². The zero-order valence-corrected chi connectivity index (χ0v) is 25.1. The van der Waals surface area contributed by atoms with E-state index in [4.69, 9.17) is 0 Å². The average molecular weight is 541 g/mol. The number of hydrogen-bond donors (Lipinski definition) is 1. The average Bonchev–Trinajstić information content (AvgIpc) is 2.78. The highest BCUT2D eigenvalue weighted by atomic mass is 32.2. The summed E-state index contributed by atoms with van der Waals surface area (Å²) in [5.41, 5.74) is -1.21. The lowest BCUT2D eigenvalue weighted by Gasteiger charge is -2.69. The van der Waals surface area contributed by atoms with Gasteiger partial charge < -0.3 is 0 Å². The van der Waals surface area contributed by atoms with Crippen LogP contribution in [0.2, 0.25) is 0 Å². The molecule has 0 unspecified atom stereocenters. The molecule has 1 N–H and O–H groups in total. The zero-order chi connectivity index (χ0) is 28.3. The van der Waals surface area contributed by atoms with E-state index >= 15 is 0 Å². The summed E-state index contributed by atoms with van der Waals surface area (Å²) in [7, 11) is -3.45. The van der Waals surface area contributed by atoms with Crippen LogP contribution in [0.1, 0.15) is 93.4 Å². The van der Waals surface area contributed by atoms with Crippen LogP contribution in [0.5, 0.6) is 0 Å². The van der Waals surface area contributed by atoms with Crippen molar-refractivity contribution in [2.75, 3.05) is 6.26 Å². The van der Waals surface area contributed by atoms with Crippen molar-refractivity contribution in [1.82, 2.24) is 4.72 Å². The number of nitriles is 1. The van der Waals surface area contributed by atoms with Crippen molar-refractivity contribution < 1.29 is 18.0 Å². The van der Waals surface area contributed by atoms with Gasteiger partial charge in [0.2, 0.25) is 10.0 Å². The maximum absolute atomic E-state index is 14.4. The summed E-state index contributed by atoms with van der Waals surface area (Å²) in [4.78, 5) is 27.6. The van der Waals surface area contributed by atoms with Crippen molar-refractivity contribution >= 4 is 21.6 Å². The number of nitrogens with zero attached hydrogens (tertiary/aromatic N) is 1. The van der Waals surface area contributed by atoms with Gasteiger partial charge in [0, 0.05) is 22.3 Å². The normalized spacial score (nSPS) is 45.4. The van der Waals surface area contributed by atoms with Crippen LogP contribution in [0.3, 0.4) is 0 Å².